The SMILES string of the molecule is CCC1(CC)CCN(c2ccc(C(=O)O)nc2)CC1. The van der Waals surface area contributed by atoms with E-state index in [4.69, 9.17) is 5.11 Å². The zero-order valence-electron chi connectivity index (χ0n) is 11.7. The second-order valence-electron chi connectivity index (χ2n) is 5.40. The van der Waals surface area contributed by atoms with E-state index in [0.717, 1.165) is 18.8 Å². The smallest absolute Gasteiger partial charge is 0.354 e. The van der Waals surface area contributed by atoms with E-state index in [1.807, 2.05) is 6.07 Å². The van der Waals surface area contributed by atoms with Crippen LogP contribution in [0.2, 0.25) is 0 Å². The molecule has 0 saturated carbocycles. The van der Waals surface area contributed by atoms with Gasteiger partial charge in [0.1, 0.15) is 5.69 Å². The molecule has 0 radical (unpaired) electrons. The summed E-state index contributed by atoms with van der Waals surface area (Å²) in [6.07, 6.45) is 6.58. The maximum atomic E-state index is 10.8. The average molecular weight is 262 g/mol. The van der Waals surface area contributed by atoms with Gasteiger partial charge in [-0.1, -0.05) is 26.7 Å². The van der Waals surface area contributed by atoms with Crippen molar-refractivity contribution in [3.63, 3.8) is 0 Å². The Hall–Kier alpha value is -1.58. The lowest BCUT2D eigenvalue weighted by molar-refractivity contribution is 0.0690. The highest BCUT2D eigenvalue weighted by Gasteiger charge is 2.31. The molecule has 1 aromatic heterocycles. The van der Waals surface area contributed by atoms with E-state index < -0.39 is 5.97 Å². The van der Waals surface area contributed by atoms with Crippen molar-refractivity contribution in [2.24, 2.45) is 5.41 Å². The molecule has 2 heterocycles. The number of carboxylic acid groups (broad SMARTS) is 1. The second kappa shape index (κ2) is 5.59. The highest BCUT2D eigenvalue weighted by molar-refractivity contribution is 5.85. The van der Waals surface area contributed by atoms with Gasteiger partial charge in [0.15, 0.2) is 0 Å². The second-order valence-corrected chi connectivity index (χ2v) is 5.40. The van der Waals surface area contributed by atoms with E-state index >= 15 is 0 Å². The van der Waals surface area contributed by atoms with E-state index in [1.165, 1.54) is 25.7 Å². The van der Waals surface area contributed by atoms with E-state index in [2.05, 4.69) is 23.7 Å². The number of piperidine rings is 1. The van der Waals surface area contributed by atoms with Crippen LogP contribution in [0.25, 0.3) is 0 Å². The Labute approximate surface area is 114 Å². The lowest BCUT2D eigenvalue weighted by Crippen LogP contribution is -2.39. The number of aromatic carboxylic acids is 1. The molecule has 104 valence electrons. The Kier molecular flexibility index (Phi) is 4.08. The number of pyridine rings is 1. The van der Waals surface area contributed by atoms with Gasteiger partial charge in [0.05, 0.1) is 11.9 Å². The van der Waals surface area contributed by atoms with Crippen molar-refractivity contribution in [3.8, 4) is 0 Å². The molecule has 1 aliphatic heterocycles. The largest absolute Gasteiger partial charge is 0.477 e. The van der Waals surface area contributed by atoms with Crippen LogP contribution >= 0.6 is 0 Å². The van der Waals surface area contributed by atoms with Crippen LogP contribution < -0.4 is 4.90 Å². The predicted molar refractivity (Wildman–Crippen MR) is 75.7 cm³/mol. The van der Waals surface area contributed by atoms with Crippen LogP contribution in [0, 0.1) is 5.41 Å². The fraction of sp³-hybridized carbons (Fsp3) is 0.600. The van der Waals surface area contributed by atoms with E-state index in [0.29, 0.717) is 5.41 Å². The topological polar surface area (TPSA) is 53.4 Å². The summed E-state index contributed by atoms with van der Waals surface area (Å²) in [7, 11) is 0. The van der Waals surface area contributed by atoms with Crippen molar-refractivity contribution in [2.45, 2.75) is 39.5 Å². The van der Waals surface area contributed by atoms with Crippen LogP contribution in [0.4, 0.5) is 5.69 Å². The lowest BCUT2D eigenvalue weighted by atomic mass is 9.74. The van der Waals surface area contributed by atoms with Gasteiger partial charge in [-0.15, -0.1) is 0 Å². The van der Waals surface area contributed by atoms with Crippen molar-refractivity contribution < 1.29 is 9.90 Å². The minimum absolute atomic E-state index is 0.109. The van der Waals surface area contributed by atoms with Gasteiger partial charge < -0.3 is 10.0 Å². The molecule has 1 aromatic rings. The molecule has 4 nitrogen and oxygen atoms in total. The maximum Gasteiger partial charge on any atom is 0.354 e. The van der Waals surface area contributed by atoms with Crippen molar-refractivity contribution in [2.75, 3.05) is 18.0 Å². The third kappa shape index (κ3) is 2.88. The van der Waals surface area contributed by atoms with Gasteiger partial charge in [-0.25, -0.2) is 9.78 Å². The van der Waals surface area contributed by atoms with Crippen LogP contribution in [0.5, 0.6) is 0 Å². The number of carbonyl (C=O) groups is 1. The first-order chi connectivity index (χ1) is 9.10. The van der Waals surface area contributed by atoms with Gasteiger partial charge in [0.2, 0.25) is 0 Å². The summed E-state index contributed by atoms with van der Waals surface area (Å²) in [4.78, 5) is 17.1. The molecule has 0 spiro atoms. The molecule has 0 aromatic carbocycles. The first-order valence-electron chi connectivity index (χ1n) is 7.04. The Bertz CT molecular complexity index is 428. The molecule has 19 heavy (non-hydrogen) atoms. The molecule has 0 aliphatic carbocycles. The van der Waals surface area contributed by atoms with Crippen LogP contribution in [-0.4, -0.2) is 29.1 Å². The van der Waals surface area contributed by atoms with Gasteiger partial charge >= 0.3 is 5.97 Å². The van der Waals surface area contributed by atoms with Crippen LogP contribution in [0.3, 0.4) is 0 Å². The van der Waals surface area contributed by atoms with Gasteiger partial charge in [0, 0.05) is 13.1 Å². The van der Waals surface area contributed by atoms with Gasteiger partial charge in [-0.05, 0) is 30.4 Å². The Balaban J connectivity index is 2.03. The zero-order chi connectivity index (χ0) is 13.9. The van der Waals surface area contributed by atoms with E-state index in [9.17, 15) is 4.79 Å². The molecule has 4 heteroatoms. The van der Waals surface area contributed by atoms with Crippen molar-refractivity contribution in [1.29, 1.82) is 0 Å². The lowest BCUT2D eigenvalue weighted by Gasteiger charge is -2.41. The van der Waals surface area contributed by atoms with Gasteiger partial charge in [0.25, 0.3) is 0 Å². The van der Waals surface area contributed by atoms with Gasteiger partial charge in [-0.2, -0.15) is 0 Å². The van der Waals surface area contributed by atoms with Gasteiger partial charge in [-0.3, -0.25) is 0 Å². The summed E-state index contributed by atoms with van der Waals surface area (Å²) in [6.45, 7) is 6.64. The summed E-state index contributed by atoms with van der Waals surface area (Å²) >= 11 is 0. The Morgan fingerprint density at radius 1 is 1.32 bits per heavy atom. The average Bonchev–Trinajstić information content (AvgIpc) is 2.47. The fourth-order valence-corrected chi connectivity index (χ4v) is 2.90. The summed E-state index contributed by atoms with van der Waals surface area (Å²) in [6, 6.07) is 3.44. The molecule has 0 bridgehead atoms. The number of hydrogen-bond donors (Lipinski definition) is 1. The summed E-state index contributed by atoms with van der Waals surface area (Å²) in [5.41, 5.74) is 1.65. The number of rotatable bonds is 4. The fourth-order valence-electron chi connectivity index (χ4n) is 2.90. The Morgan fingerprint density at radius 3 is 2.37 bits per heavy atom. The first-order valence-corrected chi connectivity index (χ1v) is 7.04. The number of anilines is 1. The normalized spacial score (nSPS) is 18.3. The van der Waals surface area contributed by atoms with Crippen LogP contribution in [0.1, 0.15) is 50.0 Å². The highest BCUT2D eigenvalue weighted by atomic mass is 16.4. The van der Waals surface area contributed by atoms with Crippen LogP contribution in [-0.2, 0) is 0 Å². The molecular formula is C15H22N2O2. The quantitative estimate of drug-likeness (QED) is 0.905. The first kappa shape index (κ1) is 13.8. The minimum atomic E-state index is -0.971. The standard InChI is InChI=1S/C15H22N2O2/c1-3-15(4-2)7-9-17(10-8-15)12-5-6-13(14(18)19)16-11-12/h5-6,11H,3-4,7-10H2,1-2H3,(H,18,19). The van der Waals surface area contributed by atoms with Crippen molar-refractivity contribution >= 4 is 11.7 Å². The summed E-state index contributed by atoms with van der Waals surface area (Å²) in [5.74, 6) is -0.971. The van der Waals surface area contributed by atoms with Crippen LogP contribution in [0.15, 0.2) is 18.3 Å². The number of aromatic nitrogens is 1. The predicted octanol–water partition coefficient (Wildman–Crippen LogP) is 3.19. The molecular weight excluding hydrogens is 240 g/mol. The zero-order valence-corrected chi connectivity index (χ0v) is 11.7. The molecule has 0 amide bonds. The van der Waals surface area contributed by atoms with Crippen molar-refractivity contribution in [1.82, 2.24) is 4.98 Å². The third-order valence-corrected chi connectivity index (χ3v) is 4.66. The Morgan fingerprint density at radius 2 is 1.95 bits per heavy atom. The van der Waals surface area contributed by atoms with E-state index in [-0.39, 0.29) is 5.69 Å². The third-order valence-electron chi connectivity index (χ3n) is 4.66. The summed E-state index contributed by atoms with van der Waals surface area (Å²) < 4.78 is 0. The number of carboxylic acids is 1. The highest BCUT2D eigenvalue weighted by Crippen LogP contribution is 2.38. The molecule has 0 unspecified atom stereocenters. The van der Waals surface area contributed by atoms with Crippen molar-refractivity contribution in [3.05, 3.63) is 24.0 Å². The van der Waals surface area contributed by atoms with E-state index in [1.54, 1.807) is 12.3 Å². The molecule has 1 N–H and O–H groups in total. The molecule has 1 saturated heterocycles. The molecule has 1 aliphatic rings. The number of nitrogens with zero attached hydrogens (tertiary/aromatic N) is 2. The molecule has 2 rings (SSSR count). The monoisotopic (exact) mass is 262 g/mol. The number of hydrogen-bond acceptors (Lipinski definition) is 3. The summed E-state index contributed by atoms with van der Waals surface area (Å²) in [5, 5.41) is 8.84. The minimum Gasteiger partial charge on any atom is -0.477 e. The molecule has 1 fully saturated rings. The molecule has 0 atom stereocenters. The maximum absolute atomic E-state index is 10.8.